The van der Waals surface area contributed by atoms with Gasteiger partial charge in [-0.15, -0.1) is 0 Å². The molecule has 1 rings (SSSR count). The number of nitrogens with one attached hydrogen (secondary N) is 1. The van der Waals surface area contributed by atoms with Crippen LogP contribution in [0.5, 0.6) is 0 Å². The maximum Gasteiger partial charge on any atom is 0.416 e. The van der Waals surface area contributed by atoms with Gasteiger partial charge in [-0.25, -0.2) is 4.99 Å². The van der Waals surface area contributed by atoms with E-state index in [9.17, 15) is 13.2 Å². The Bertz CT molecular complexity index is 503. The molecule has 1 aromatic carbocycles. The lowest BCUT2D eigenvalue weighted by Gasteiger charge is -2.06. The molecule has 0 saturated carbocycles. The summed E-state index contributed by atoms with van der Waals surface area (Å²) < 4.78 is 36.0. The van der Waals surface area contributed by atoms with Gasteiger partial charge in [-0.05, 0) is 43.7 Å². The molecule has 0 atom stereocenters. The molecule has 0 heterocycles. The number of hydrogen-bond acceptors (Lipinski definition) is 2. The highest BCUT2D eigenvalue weighted by Crippen LogP contribution is 2.29. The van der Waals surface area contributed by atoms with Crippen LogP contribution in [0.15, 0.2) is 53.7 Å². The van der Waals surface area contributed by atoms with E-state index in [0.29, 0.717) is 10.9 Å². The first-order valence-corrected chi connectivity index (χ1v) is 7.09. The van der Waals surface area contributed by atoms with Crippen molar-refractivity contribution in [3.05, 3.63) is 54.3 Å². The number of aliphatic imine (C=N–C) groups is 1. The van der Waals surface area contributed by atoms with Gasteiger partial charge in [-0.2, -0.15) is 13.2 Å². The van der Waals surface area contributed by atoms with Crippen molar-refractivity contribution in [1.82, 2.24) is 0 Å². The predicted molar refractivity (Wildman–Crippen MR) is 88.5 cm³/mol. The molecule has 22 heavy (non-hydrogen) atoms. The third-order valence-electron chi connectivity index (χ3n) is 2.34. The van der Waals surface area contributed by atoms with Gasteiger partial charge in [0.05, 0.1) is 5.56 Å². The molecule has 0 fully saturated rings. The van der Waals surface area contributed by atoms with Gasteiger partial charge in [0, 0.05) is 18.9 Å². The van der Waals surface area contributed by atoms with E-state index in [1.807, 2.05) is 19.1 Å². The van der Waals surface area contributed by atoms with Crippen molar-refractivity contribution < 1.29 is 13.2 Å². The highest BCUT2D eigenvalue weighted by molar-refractivity contribution is 6.68. The van der Waals surface area contributed by atoms with E-state index in [4.69, 9.17) is 11.6 Å². The van der Waals surface area contributed by atoms with E-state index in [1.54, 1.807) is 19.3 Å². The summed E-state index contributed by atoms with van der Waals surface area (Å²) in [4.78, 5) is 3.89. The van der Waals surface area contributed by atoms with E-state index >= 15 is 0 Å². The Morgan fingerprint density at radius 1 is 1.27 bits per heavy atom. The van der Waals surface area contributed by atoms with Crippen LogP contribution in [0.2, 0.25) is 0 Å². The minimum absolute atomic E-state index is 0.528. The molecule has 0 unspecified atom stereocenters. The topological polar surface area (TPSA) is 24.4 Å². The van der Waals surface area contributed by atoms with Crippen LogP contribution in [-0.2, 0) is 6.18 Å². The van der Waals surface area contributed by atoms with Gasteiger partial charge in [0.25, 0.3) is 0 Å². The van der Waals surface area contributed by atoms with Crippen molar-refractivity contribution in [3.8, 4) is 0 Å². The van der Waals surface area contributed by atoms with Crippen LogP contribution < -0.4 is 5.32 Å². The van der Waals surface area contributed by atoms with Crippen molar-refractivity contribution in [3.63, 3.8) is 0 Å². The monoisotopic (exact) mass is 332 g/mol. The minimum Gasteiger partial charge on any atom is -0.388 e. The fraction of sp³-hybridized carbons (Fsp3) is 0.312. The van der Waals surface area contributed by atoms with Crippen molar-refractivity contribution in [1.29, 1.82) is 0 Å². The van der Waals surface area contributed by atoms with Crippen LogP contribution in [0.25, 0.3) is 0 Å². The van der Waals surface area contributed by atoms with Crippen molar-refractivity contribution >= 4 is 22.5 Å². The Hall–Kier alpha value is -1.75. The number of alkyl halides is 3. The average molecular weight is 333 g/mol. The largest absolute Gasteiger partial charge is 0.416 e. The summed E-state index contributed by atoms with van der Waals surface area (Å²) in [5, 5.41) is 3.27. The molecule has 0 aliphatic rings. The highest BCUT2D eigenvalue weighted by atomic mass is 35.5. The molecule has 0 spiro atoms. The SMILES string of the molecule is CNc1ccc(C(F)(F)F)cc1.C\C=C/N=C(Cl)/C=C/CC. The number of hydrogen-bond donors (Lipinski definition) is 1. The van der Waals surface area contributed by atoms with Crippen molar-refractivity contribution in [2.75, 3.05) is 12.4 Å². The van der Waals surface area contributed by atoms with Crippen molar-refractivity contribution in [2.45, 2.75) is 26.4 Å². The molecule has 0 aromatic heterocycles. The number of benzene rings is 1. The summed E-state index contributed by atoms with van der Waals surface area (Å²) in [6.07, 6.45) is 4.01. The molecule has 2 nitrogen and oxygen atoms in total. The Morgan fingerprint density at radius 2 is 1.86 bits per heavy atom. The maximum absolute atomic E-state index is 12.0. The number of halogens is 4. The molecule has 0 bridgehead atoms. The number of nitrogens with zero attached hydrogens (tertiary/aromatic N) is 1. The second kappa shape index (κ2) is 10.9. The Morgan fingerprint density at radius 3 is 2.27 bits per heavy atom. The third kappa shape index (κ3) is 9.23. The van der Waals surface area contributed by atoms with Gasteiger partial charge < -0.3 is 5.32 Å². The second-order valence-corrected chi connectivity index (χ2v) is 4.46. The summed E-state index contributed by atoms with van der Waals surface area (Å²) in [5.41, 5.74) is 0.0458. The molecule has 0 aliphatic heterocycles. The quantitative estimate of drug-likeness (QED) is 0.685. The zero-order valence-corrected chi connectivity index (χ0v) is 13.5. The Labute approximate surface area is 134 Å². The molecular weight excluding hydrogens is 313 g/mol. The average Bonchev–Trinajstić information content (AvgIpc) is 2.50. The summed E-state index contributed by atoms with van der Waals surface area (Å²) in [6.45, 7) is 3.95. The summed E-state index contributed by atoms with van der Waals surface area (Å²) in [6, 6.07) is 4.88. The highest BCUT2D eigenvalue weighted by Gasteiger charge is 2.29. The third-order valence-corrected chi connectivity index (χ3v) is 2.56. The van der Waals surface area contributed by atoms with Gasteiger partial charge >= 0.3 is 6.18 Å². The maximum atomic E-state index is 12.0. The van der Waals surface area contributed by atoms with Gasteiger partial charge in [0.1, 0.15) is 5.17 Å². The number of anilines is 1. The molecule has 1 aromatic rings. The fourth-order valence-corrected chi connectivity index (χ4v) is 1.38. The lowest BCUT2D eigenvalue weighted by molar-refractivity contribution is -0.137. The van der Waals surface area contributed by atoms with Gasteiger partial charge in [0.2, 0.25) is 0 Å². The summed E-state index contributed by atoms with van der Waals surface area (Å²) in [5.74, 6) is 0. The van der Waals surface area contributed by atoms with Crippen LogP contribution in [0.3, 0.4) is 0 Å². The summed E-state index contributed by atoms with van der Waals surface area (Å²) >= 11 is 5.65. The molecule has 0 amide bonds. The normalized spacial score (nSPS) is 12.4. The van der Waals surface area contributed by atoms with Crippen LogP contribution >= 0.6 is 11.6 Å². The van der Waals surface area contributed by atoms with Crippen LogP contribution in [0.4, 0.5) is 18.9 Å². The zero-order valence-electron chi connectivity index (χ0n) is 12.8. The van der Waals surface area contributed by atoms with E-state index in [0.717, 1.165) is 18.6 Å². The molecule has 1 N–H and O–H groups in total. The minimum atomic E-state index is -4.24. The number of rotatable bonds is 4. The lowest BCUT2D eigenvalue weighted by Crippen LogP contribution is -2.04. The van der Waals surface area contributed by atoms with Crippen LogP contribution in [0.1, 0.15) is 25.8 Å². The fourth-order valence-electron chi connectivity index (χ4n) is 1.23. The molecule has 0 saturated heterocycles. The smallest absolute Gasteiger partial charge is 0.388 e. The van der Waals surface area contributed by atoms with Crippen molar-refractivity contribution in [2.24, 2.45) is 4.99 Å². The number of allylic oxidation sites excluding steroid dienone is 3. The molecule has 6 heteroatoms. The zero-order chi connectivity index (χ0) is 17.0. The first-order chi connectivity index (χ1) is 10.3. The standard InChI is InChI=1S/C8H12ClN.C8H8F3N/c1-3-5-6-8(9)10-7-4-2;1-12-7-4-2-6(3-5-7)8(9,10)11/h4-7H,3H2,1-2H3;2-5,12H,1H3/b6-5+,7-4-,10-8-;. The Balaban J connectivity index is 0.000000409. The van der Waals surface area contributed by atoms with Crippen LogP contribution in [-0.4, -0.2) is 12.2 Å². The van der Waals surface area contributed by atoms with Crippen LogP contribution in [0, 0.1) is 0 Å². The van der Waals surface area contributed by atoms with Gasteiger partial charge in [0.15, 0.2) is 0 Å². The molecule has 122 valence electrons. The van der Waals surface area contributed by atoms with E-state index < -0.39 is 11.7 Å². The van der Waals surface area contributed by atoms with Gasteiger partial charge in [-0.3, -0.25) is 0 Å². The van der Waals surface area contributed by atoms with Gasteiger partial charge in [-0.1, -0.05) is 30.7 Å². The van der Waals surface area contributed by atoms with E-state index in [2.05, 4.69) is 17.2 Å². The first-order valence-electron chi connectivity index (χ1n) is 6.71. The molecule has 0 aliphatic carbocycles. The Kier molecular flexibility index (Phi) is 10.0. The van der Waals surface area contributed by atoms with E-state index in [1.165, 1.54) is 12.1 Å². The second-order valence-electron chi connectivity index (χ2n) is 4.07. The first kappa shape index (κ1) is 20.2. The molecular formula is C16H20ClF3N2. The summed E-state index contributed by atoms with van der Waals surface area (Å²) in [7, 11) is 1.66. The lowest BCUT2D eigenvalue weighted by atomic mass is 10.2. The molecule has 0 radical (unpaired) electrons. The predicted octanol–water partition coefficient (Wildman–Crippen LogP) is 5.87. The van der Waals surface area contributed by atoms with E-state index in [-0.39, 0.29) is 0 Å².